The van der Waals surface area contributed by atoms with Crippen LogP contribution in [0.25, 0.3) is 0 Å². The molecule has 0 N–H and O–H groups in total. The molecule has 0 saturated carbocycles. The Morgan fingerprint density at radius 3 is 2.75 bits per heavy atom. The zero-order valence-corrected chi connectivity index (χ0v) is 9.56. The maximum Gasteiger partial charge on any atom is 0.227 e. The van der Waals surface area contributed by atoms with Crippen molar-refractivity contribution in [3.63, 3.8) is 0 Å². The van der Waals surface area contributed by atoms with Crippen LogP contribution in [0.3, 0.4) is 0 Å². The average molecular weight is 219 g/mol. The molecule has 0 bridgehead atoms. The van der Waals surface area contributed by atoms with Gasteiger partial charge in [0.15, 0.2) is 0 Å². The lowest BCUT2D eigenvalue weighted by atomic mass is 10.1. The zero-order valence-electron chi connectivity index (χ0n) is 9.56. The van der Waals surface area contributed by atoms with Gasteiger partial charge in [-0.15, -0.1) is 0 Å². The molecule has 1 aromatic rings. The Balaban J connectivity index is 1.75. The van der Waals surface area contributed by atoms with Crippen LogP contribution in [0.2, 0.25) is 0 Å². The first kappa shape index (κ1) is 11.1. The van der Waals surface area contributed by atoms with Gasteiger partial charge in [0.1, 0.15) is 0 Å². The number of carbonyl (C=O) groups excluding carboxylic acids is 1. The van der Waals surface area contributed by atoms with E-state index < -0.39 is 0 Å². The minimum atomic E-state index is 0.0636. The van der Waals surface area contributed by atoms with Crippen molar-refractivity contribution in [1.29, 1.82) is 0 Å². The number of hydrogen-bond acceptors (Lipinski definition) is 2. The normalized spacial score (nSPS) is 20.4. The monoisotopic (exact) mass is 219 g/mol. The number of rotatable bonds is 4. The van der Waals surface area contributed by atoms with E-state index in [0.29, 0.717) is 13.2 Å². The molecule has 1 aromatic carbocycles. The fraction of sp³-hybridized carbons (Fsp3) is 0.462. The highest BCUT2D eigenvalue weighted by Crippen LogP contribution is 2.16. The maximum atomic E-state index is 11.6. The van der Waals surface area contributed by atoms with Gasteiger partial charge in [-0.2, -0.15) is 0 Å². The van der Waals surface area contributed by atoms with E-state index in [1.54, 1.807) is 4.90 Å². The Morgan fingerprint density at radius 1 is 1.38 bits per heavy atom. The summed E-state index contributed by atoms with van der Waals surface area (Å²) < 4.78 is 5.57. The summed E-state index contributed by atoms with van der Waals surface area (Å²) in [5, 5.41) is 0. The third kappa shape index (κ3) is 2.61. The molecule has 1 aliphatic heterocycles. The molecule has 0 aliphatic carbocycles. The van der Waals surface area contributed by atoms with Gasteiger partial charge in [0.2, 0.25) is 5.91 Å². The number of ether oxygens (including phenoxy) is 1. The van der Waals surface area contributed by atoms with Gasteiger partial charge >= 0.3 is 0 Å². The fourth-order valence-corrected chi connectivity index (χ4v) is 1.94. The summed E-state index contributed by atoms with van der Waals surface area (Å²) in [5.41, 5.74) is 1.15. The molecule has 1 saturated heterocycles. The van der Waals surface area contributed by atoms with Crippen LogP contribution in [0.15, 0.2) is 30.3 Å². The topological polar surface area (TPSA) is 29.5 Å². The summed E-state index contributed by atoms with van der Waals surface area (Å²) in [4.78, 5) is 13.4. The van der Waals surface area contributed by atoms with E-state index in [0.717, 1.165) is 18.5 Å². The van der Waals surface area contributed by atoms with Gasteiger partial charge in [-0.05, 0) is 12.0 Å². The van der Waals surface area contributed by atoms with Crippen LogP contribution >= 0.6 is 0 Å². The van der Waals surface area contributed by atoms with Crippen molar-refractivity contribution in [2.45, 2.75) is 13.0 Å². The first-order valence-corrected chi connectivity index (χ1v) is 5.64. The van der Waals surface area contributed by atoms with E-state index in [4.69, 9.17) is 4.74 Å². The molecule has 2 rings (SSSR count). The van der Waals surface area contributed by atoms with Crippen molar-refractivity contribution >= 4 is 5.91 Å². The predicted octanol–water partition coefficient (Wildman–Crippen LogP) is 1.68. The minimum absolute atomic E-state index is 0.0636. The van der Waals surface area contributed by atoms with Gasteiger partial charge in [-0.25, -0.2) is 0 Å². The average Bonchev–Trinajstić information content (AvgIpc) is 2.62. The lowest BCUT2D eigenvalue weighted by molar-refractivity contribution is -0.131. The largest absolute Gasteiger partial charge is 0.376 e. The Kier molecular flexibility index (Phi) is 3.57. The van der Waals surface area contributed by atoms with E-state index in [1.165, 1.54) is 0 Å². The molecule has 0 spiro atoms. The van der Waals surface area contributed by atoms with Crippen LogP contribution in [0, 0.1) is 5.92 Å². The van der Waals surface area contributed by atoms with Crippen LogP contribution in [-0.2, 0) is 16.1 Å². The van der Waals surface area contributed by atoms with Gasteiger partial charge < -0.3 is 9.64 Å². The second kappa shape index (κ2) is 5.12. The number of likely N-dealkylation sites (tertiary alicyclic amines) is 1. The maximum absolute atomic E-state index is 11.6. The van der Waals surface area contributed by atoms with E-state index in [1.807, 2.05) is 37.4 Å². The zero-order chi connectivity index (χ0) is 11.4. The third-order valence-electron chi connectivity index (χ3n) is 2.97. The van der Waals surface area contributed by atoms with E-state index in [2.05, 4.69) is 0 Å². The van der Waals surface area contributed by atoms with E-state index in [-0.39, 0.29) is 11.8 Å². The Bertz CT molecular complexity index is 350. The summed E-state index contributed by atoms with van der Waals surface area (Å²) >= 11 is 0. The summed E-state index contributed by atoms with van der Waals surface area (Å²) in [6, 6.07) is 10.0. The predicted molar refractivity (Wildman–Crippen MR) is 61.8 cm³/mol. The minimum Gasteiger partial charge on any atom is -0.376 e. The summed E-state index contributed by atoms with van der Waals surface area (Å²) in [7, 11) is 1.85. The van der Waals surface area contributed by atoms with Crippen LogP contribution < -0.4 is 0 Å². The first-order chi connectivity index (χ1) is 7.77. The Morgan fingerprint density at radius 2 is 2.12 bits per heavy atom. The van der Waals surface area contributed by atoms with Crippen LogP contribution in [0.1, 0.15) is 12.0 Å². The molecule has 1 atom stereocenters. The number of carbonyl (C=O) groups is 1. The summed E-state index contributed by atoms with van der Waals surface area (Å²) in [6.07, 6.45) is 0.921. The van der Waals surface area contributed by atoms with Crippen molar-refractivity contribution in [1.82, 2.24) is 4.90 Å². The SMILES string of the molecule is CN1CCC(COCc2ccccc2)C1=O. The number of hydrogen-bond donors (Lipinski definition) is 0. The lowest BCUT2D eigenvalue weighted by Crippen LogP contribution is -2.24. The molecule has 86 valence electrons. The molecule has 0 aromatic heterocycles. The molecular formula is C13H17NO2. The number of nitrogens with zero attached hydrogens (tertiary/aromatic N) is 1. The molecule has 1 amide bonds. The second-order valence-electron chi connectivity index (χ2n) is 4.25. The van der Waals surface area contributed by atoms with Crippen molar-refractivity contribution in [3.8, 4) is 0 Å². The molecule has 1 fully saturated rings. The van der Waals surface area contributed by atoms with Gasteiger partial charge in [-0.1, -0.05) is 30.3 Å². The van der Waals surface area contributed by atoms with Crippen molar-refractivity contribution < 1.29 is 9.53 Å². The molecule has 3 heteroatoms. The Labute approximate surface area is 96.0 Å². The second-order valence-corrected chi connectivity index (χ2v) is 4.25. The van der Waals surface area contributed by atoms with Crippen molar-refractivity contribution in [2.75, 3.05) is 20.2 Å². The highest BCUT2D eigenvalue weighted by Gasteiger charge is 2.28. The summed E-state index contributed by atoms with van der Waals surface area (Å²) in [5.74, 6) is 0.279. The molecule has 0 radical (unpaired) electrons. The Hall–Kier alpha value is -1.35. The number of amides is 1. The molecule has 1 unspecified atom stereocenters. The standard InChI is InChI=1S/C13H17NO2/c1-14-8-7-12(13(14)15)10-16-9-11-5-3-2-4-6-11/h2-6,12H,7-10H2,1H3. The van der Waals surface area contributed by atoms with Gasteiger partial charge in [0.25, 0.3) is 0 Å². The van der Waals surface area contributed by atoms with Gasteiger partial charge in [0, 0.05) is 13.6 Å². The number of benzene rings is 1. The molecular weight excluding hydrogens is 202 g/mol. The third-order valence-corrected chi connectivity index (χ3v) is 2.97. The first-order valence-electron chi connectivity index (χ1n) is 5.64. The van der Waals surface area contributed by atoms with Crippen molar-refractivity contribution in [2.24, 2.45) is 5.92 Å². The van der Waals surface area contributed by atoms with Crippen LogP contribution in [0.5, 0.6) is 0 Å². The highest BCUT2D eigenvalue weighted by atomic mass is 16.5. The van der Waals surface area contributed by atoms with Gasteiger partial charge in [0.05, 0.1) is 19.1 Å². The fourth-order valence-electron chi connectivity index (χ4n) is 1.94. The molecule has 16 heavy (non-hydrogen) atoms. The molecule has 1 heterocycles. The summed E-state index contributed by atoms with van der Waals surface area (Å²) in [6.45, 7) is 1.99. The van der Waals surface area contributed by atoms with Crippen LogP contribution in [0.4, 0.5) is 0 Å². The molecule has 1 aliphatic rings. The highest BCUT2D eigenvalue weighted by molar-refractivity contribution is 5.80. The van der Waals surface area contributed by atoms with E-state index >= 15 is 0 Å². The van der Waals surface area contributed by atoms with Crippen molar-refractivity contribution in [3.05, 3.63) is 35.9 Å². The van der Waals surface area contributed by atoms with E-state index in [9.17, 15) is 4.79 Å². The quantitative estimate of drug-likeness (QED) is 0.771. The smallest absolute Gasteiger partial charge is 0.227 e. The van der Waals surface area contributed by atoms with Gasteiger partial charge in [-0.3, -0.25) is 4.79 Å². The van der Waals surface area contributed by atoms with Crippen LogP contribution in [-0.4, -0.2) is 31.0 Å². The lowest BCUT2D eigenvalue weighted by Gasteiger charge is -2.10. The molecule has 3 nitrogen and oxygen atoms in total.